The molecule has 0 saturated heterocycles. The molecule has 0 fully saturated rings. The largest absolute Gasteiger partial charge is 0.494 e. The number of ether oxygens (including phenoxy) is 2. The summed E-state index contributed by atoms with van der Waals surface area (Å²) in [7, 11) is 1.59. The molecule has 1 atom stereocenters. The smallest absolute Gasteiger partial charge is 0.407 e. The van der Waals surface area contributed by atoms with Crippen molar-refractivity contribution >= 4 is 23.4 Å². The van der Waals surface area contributed by atoms with E-state index in [-0.39, 0.29) is 6.04 Å². The molecule has 1 N–H and O–H groups in total. The molecule has 3 aromatic rings. The summed E-state index contributed by atoms with van der Waals surface area (Å²) in [6.07, 6.45) is 4.84. The summed E-state index contributed by atoms with van der Waals surface area (Å²) in [6.45, 7) is 3.92. The number of fused-ring (bicyclic) bond motifs is 1. The van der Waals surface area contributed by atoms with Crippen LogP contribution in [0.4, 0.5) is 4.79 Å². The van der Waals surface area contributed by atoms with Crippen LogP contribution in [-0.2, 0) is 4.74 Å². The maximum absolute atomic E-state index is 11.7. The van der Waals surface area contributed by atoms with Crippen LogP contribution in [-0.4, -0.2) is 45.6 Å². The lowest BCUT2D eigenvalue weighted by Gasteiger charge is -2.16. The lowest BCUT2D eigenvalue weighted by molar-refractivity contribution is 0.148. The third-order valence-electron chi connectivity index (χ3n) is 3.97. The van der Waals surface area contributed by atoms with Gasteiger partial charge in [0, 0.05) is 5.56 Å². The molecule has 1 unspecified atom stereocenters. The minimum atomic E-state index is -0.479. The topological polar surface area (TPSA) is 90.6 Å². The van der Waals surface area contributed by atoms with Crippen LogP contribution in [0.25, 0.3) is 16.8 Å². The van der Waals surface area contributed by atoms with Gasteiger partial charge < -0.3 is 14.8 Å². The molecule has 8 nitrogen and oxygen atoms in total. The van der Waals surface area contributed by atoms with Crippen LogP contribution in [0, 0.1) is 0 Å². The van der Waals surface area contributed by atoms with Gasteiger partial charge in [-0.1, -0.05) is 11.8 Å². The summed E-state index contributed by atoms with van der Waals surface area (Å²) in [6, 6.07) is 5.41. The van der Waals surface area contributed by atoms with Crippen molar-refractivity contribution in [1.29, 1.82) is 0 Å². The predicted molar refractivity (Wildman–Crippen MR) is 103 cm³/mol. The van der Waals surface area contributed by atoms with Crippen LogP contribution in [0.15, 0.2) is 35.7 Å². The summed E-state index contributed by atoms with van der Waals surface area (Å²) < 4.78 is 12.2. The van der Waals surface area contributed by atoms with Crippen molar-refractivity contribution < 1.29 is 14.3 Å². The summed E-state index contributed by atoms with van der Waals surface area (Å²) in [5, 5.41) is 7.82. The van der Waals surface area contributed by atoms with Gasteiger partial charge in [-0.2, -0.15) is 5.10 Å². The Morgan fingerprint density at radius 1 is 1.41 bits per heavy atom. The highest BCUT2D eigenvalue weighted by atomic mass is 32.2. The minimum Gasteiger partial charge on any atom is -0.494 e. The van der Waals surface area contributed by atoms with Crippen LogP contribution >= 0.6 is 11.8 Å². The maximum atomic E-state index is 11.7. The fourth-order valence-electron chi connectivity index (χ4n) is 2.66. The number of amides is 1. The monoisotopic (exact) mass is 387 g/mol. The molecular weight excluding hydrogens is 366 g/mol. The minimum absolute atomic E-state index is 0.312. The van der Waals surface area contributed by atoms with E-state index in [1.807, 2.05) is 31.4 Å². The summed E-state index contributed by atoms with van der Waals surface area (Å²) in [5.74, 6) is 0.602. The SMILES string of the molecule is CCOC(=O)NC(C)c1cc(-c2cc3ccnn3c(SC)n2)c(OC)cn1. The molecule has 0 saturated carbocycles. The third kappa shape index (κ3) is 3.97. The number of carbonyl (C=O) groups is 1. The number of rotatable bonds is 6. The van der Waals surface area contributed by atoms with Gasteiger partial charge in [0.1, 0.15) is 5.75 Å². The number of hydrogen-bond acceptors (Lipinski definition) is 7. The van der Waals surface area contributed by atoms with Crippen molar-refractivity contribution in [2.45, 2.75) is 25.0 Å². The van der Waals surface area contributed by atoms with E-state index in [0.717, 1.165) is 21.9 Å². The lowest BCUT2D eigenvalue weighted by atomic mass is 10.1. The summed E-state index contributed by atoms with van der Waals surface area (Å²) in [4.78, 5) is 20.8. The number of nitrogens with one attached hydrogen (secondary N) is 1. The van der Waals surface area contributed by atoms with Crippen molar-refractivity contribution in [2.75, 3.05) is 20.0 Å². The van der Waals surface area contributed by atoms with E-state index in [4.69, 9.17) is 14.5 Å². The van der Waals surface area contributed by atoms with Gasteiger partial charge in [0.05, 0.1) is 49.1 Å². The van der Waals surface area contributed by atoms with Gasteiger partial charge in [0.15, 0.2) is 5.16 Å². The van der Waals surface area contributed by atoms with Gasteiger partial charge in [0.25, 0.3) is 0 Å². The number of thioether (sulfide) groups is 1. The van der Waals surface area contributed by atoms with Gasteiger partial charge in [-0.25, -0.2) is 14.3 Å². The Hall–Kier alpha value is -2.81. The second kappa shape index (κ2) is 8.26. The van der Waals surface area contributed by atoms with E-state index in [9.17, 15) is 4.79 Å². The first-order chi connectivity index (χ1) is 13.1. The van der Waals surface area contributed by atoms with E-state index in [0.29, 0.717) is 18.1 Å². The third-order valence-corrected chi connectivity index (χ3v) is 4.60. The normalized spacial score (nSPS) is 12.0. The molecule has 0 spiro atoms. The Morgan fingerprint density at radius 2 is 2.22 bits per heavy atom. The summed E-state index contributed by atoms with van der Waals surface area (Å²) in [5.41, 5.74) is 3.15. The van der Waals surface area contributed by atoms with Gasteiger partial charge in [-0.15, -0.1) is 0 Å². The number of nitrogens with zero attached hydrogens (tertiary/aromatic N) is 4. The van der Waals surface area contributed by atoms with Crippen LogP contribution in [0.3, 0.4) is 0 Å². The zero-order valence-corrected chi connectivity index (χ0v) is 16.4. The van der Waals surface area contributed by atoms with E-state index in [2.05, 4.69) is 15.4 Å². The number of aromatic nitrogens is 4. The molecule has 0 radical (unpaired) electrons. The first-order valence-corrected chi connectivity index (χ1v) is 9.66. The Kier molecular flexibility index (Phi) is 5.80. The van der Waals surface area contributed by atoms with Gasteiger partial charge in [-0.05, 0) is 38.3 Å². The molecular formula is C18H21N5O3S. The van der Waals surface area contributed by atoms with Crippen molar-refractivity contribution in [3.05, 3.63) is 36.3 Å². The molecule has 0 bridgehead atoms. The summed E-state index contributed by atoms with van der Waals surface area (Å²) >= 11 is 1.51. The molecule has 142 valence electrons. The molecule has 3 rings (SSSR count). The van der Waals surface area contributed by atoms with E-state index in [1.54, 1.807) is 30.9 Å². The molecule has 0 aliphatic heterocycles. The fourth-order valence-corrected chi connectivity index (χ4v) is 3.17. The molecule has 27 heavy (non-hydrogen) atoms. The highest BCUT2D eigenvalue weighted by molar-refractivity contribution is 7.98. The fraction of sp³-hybridized carbons (Fsp3) is 0.333. The van der Waals surface area contributed by atoms with Crippen molar-refractivity contribution in [3.8, 4) is 17.0 Å². The van der Waals surface area contributed by atoms with Crippen LogP contribution < -0.4 is 10.1 Å². The average Bonchev–Trinajstić information content (AvgIpc) is 3.15. The zero-order valence-electron chi connectivity index (χ0n) is 15.6. The molecule has 0 aromatic carbocycles. The van der Waals surface area contributed by atoms with Crippen LogP contribution in [0.2, 0.25) is 0 Å². The number of carbonyl (C=O) groups excluding carboxylic acids is 1. The molecule has 3 aromatic heterocycles. The maximum Gasteiger partial charge on any atom is 0.407 e. The highest BCUT2D eigenvalue weighted by Gasteiger charge is 2.17. The second-order valence-electron chi connectivity index (χ2n) is 5.69. The number of methoxy groups -OCH3 is 1. The highest BCUT2D eigenvalue weighted by Crippen LogP contribution is 2.32. The predicted octanol–water partition coefficient (Wildman–Crippen LogP) is 3.33. The van der Waals surface area contributed by atoms with Gasteiger partial charge in [0.2, 0.25) is 0 Å². The Labute approximate surface area is 161 Å². The van der Waals surface area contributed by atoms with E-state index < -0.39 is 6.09 Å². The lowest BCUT2D eigenvalue weighted by Crippen LogP contribution is -2.27. The Balaban J connectivity index is 2.03. The van der Waals surface area contributed by atoms with Crippen LogP contribution in [0.5, 0.6) is 5.75 Å². The van der Waals surface area contributed by atoms with Gasteiger partial charge >= 0.3 is 6.09 Å². The Bertz CT molecular complexity index is 959. The van der Waals surface area contributed by atoms with Gasteiger partial charge in [-0.3, -0.25) is 4.98 Å². The van der Waals surface area contributed by atoms with Crippen LogP contribution in [0.1, 0.15) is 25.6 Å². The van der Waals surface area contributed by atoms with Crippen molar-refractivity contribution in [1.82, 2.24) is 24.9 Å². The number of hydrogen-bond donors (Lipinski definition) is 1. The van der Waals surface area contributed by atoms with Crippen molar-refractivity contribution in [2.24, 2.45) is 0 Å². The molecule has 9 heteroatoms. The Morgan fingerprint density at radius 3 is 2.93 bits per heavy atom. The van der Waals surface area contributed by atoms with Crippen molar-refractivity contribution in [3.63, 3.8) is 0 Å². The molecule has 0 aliphatic rings. The number of alkyl carbamates (subject to hydrolysis) is 1. The quantitative estimate of drug-likeness (QED) is 0.512. The average molecular weight is 387 g/mol. The number of pyridine rings is 1. The molecule has 0 aliphatic carbocycles. The second-order valence-corrected chi connectivity index (χ2v) is 6.47. The van der Waals surface area contributed by atoms with E-state index >= 15 is 0 Å². The standard InChI is InChI=1S/C18H21N5O3S/c1-5-26-18(24)21-11(2)14-9-13(16(25-3)10-19-14)15-8-12-6-7-20-23(12)17(22-15)27-4/h6-11H,5H2,1-4H3,(H,21,24). The molecule has 1 amide bonds. The molecule has 3 heterocycles. The zero-order chi connectivity index (χ0) is 19.4. The first kappa shape index (κ1) is 19.0. The first-order valence-electron chi connectivity index (χ1n) is 8.43. The van der Waals surface area contributed by atoms with E-state index in [1.165, 1.54) is 11.8 Å².